The van der Waals surface area contributed by atoms with Crippen molar-refractivity contribution in [2.24, 2.45) is 17.8 Å². The maximum absolute atomic E-state index is 6.18. The van der Waals surface area contributed by atoms with Crippen molar-refractivity contribution in [3.05, 3.63) is 35.9 Å². The summed E-state index contributed by atoms with van der Waals surface area (Å²) in [6.45, 7) is 17.1. The van der Waals surface area contributed by atoms with Crippen molar-refractivity contribution in [1.29, 1.82) is 0 Å². The van der Waals surface area contributed by atoms with Gasteiger partial charge in [-0.3, -0.25) is 0 Å². The first-order valence-corrected chi connectivity index (χ1v) is 12.4. The molecule has 1 heterocycles. The molecule has 1 saturated heterocycles. The molecule has 138 valence electrons. The van der Waals surface area contributed by atoms with Crippen LogP contribution < -0.4 is 0 Å². The number of benzene rings is 1. The standard InChI is InChI=1S/C23H36OSi/c1-22(2,3)25(23(4,5)6)20-17-12-18(19(13-17)21(20)25)15-24-14-16-10-8-7-9-11-16/h7-11,17-21H,12-15H2,1-6H3/t17-,18-,19-,20+,21-/m1/s1. The molecule has 0 spiro atoms. The summed E-state index contributed by atoms with van der Waals surface area (Å²) in [6.07, 6.45) is 2.96. The van der Waals surface area contributed by atoms with Crippen LogP contribution in [0.2, 0.25) is 21.2 Å². The van der Waals surface area contributed by atoms with Crippen molar-refractivity contribution in [2.45, 2.75) is 82.1 Å². The summed E-state index contributed by atoms with van der Waals surface area (Å²) >= 11 is 0. The molecule has 1 aromatic rings. The lowest BCUT2D eigenvalue weighted by Gasteiger charge is -2.44. The third-order valence-electron chi connectivity index (χ3n) is 8.01. The molecule has 2 heteroatoms. The molecular formula is C23H36OSi. The molecule has 4 rings (SSSR count). The highest BCUT2D eigenvalue weighted by Crippen LogP contribution is 2.89. The maximum atomic E-state index is 6.18. The highest BCUT2D eigenvalue weighted by atomic mass is 28.3. The molecule has 3 fully saturated rings. The predicted molar refractivity (Wildman–Crippen MR) is 108 cm³/mol. The van der Waals surface area contributed by atoms with Crippen molar-refractivity contribution >= 4 is 8.07 Å². The van der Waals surface area contributed by atoms with Crippen LogP contribution in [-0.2, 0) is 11.3 Å². The smallest absolute Gasteiger partial charge is 0.0717 e. The van der Waals surface area contributed by atoms with Crippen LogP contribution in [0, 0.1) is 17.8 Å². The molecule has 3 aliphatic rings. The van der Waals surface area contributed by atoms with E-state index in [9.17, 15) is 0 Å². The second-order valence-corrected chi connectivity index (χ2v) is 17.1. The molecule has 0 unspecified atom stereocenters. The van der Waals surface area contributed by atoms with Gasteiger partial charge in [-0.15, -0.1) is 0 Å². The predicted octanol–water partition coefficient (Wildman–Crippen LogP) is 6.66. The van der Waals surface area contributed by atoms with E-state index in [4.69, 9.17) is 4.74 Å². The highest BCUT2D eigenvalue weighted by molar-refractivity contribution is 6.97. The van der Waals surface area contributed by atoms with Gasteiger partial charge in [-0.2, -0.15) is 0 Å². The number of hydrogen-bond acceptors (Lipinski definition) is 1. The van der Waals surface area contributed by atoms with Crippen LogP contribution in [0.4, 0.5) is 0 Å². The fourth-order valence-corrected chi connectivity index (χ4v) is 18.1. The third-order valence-corrected chi connectivity index (χ3v) is 16.3. The van der Waals surface area contributed by atoms with Crippen LogP contribution in [0.5, 0.6) is 0 Å². The van der Waals surface area contributed by atoms with E-state index in [1.165, 1.54) is 18.4 Å². The van der Waals surface area contributed by atoms with Gasteiger partial charge >= 0.3 is 0 Å². The van der Waals surface area contributed by atoms with E-state index in [-0.39, 0.29) is 0 Å². The molecule has 2 saturated carbocycles. The van der Waals surface area contributed by atoms with Crippen LogP contribution in [0.25, 0.3) is 0 Å². The van der Waals surface area contributed by atoms with Gasteiger partial charge in [0, 0.05) is 0 Å². The Bertz CT molecular complexity index is 610. The minimum atomic E-state index is -1.27. The molecule has 1 aliphatic heterocycles. The average molecular weight is 357 g/mol. The Kier molecular flexibility index (Phi) is 4.05. The molecule has 25 heavy (non-hydrogen) atoms. The van der Waals surface area contributed by atoms with Gasteiger partial charge in [-0.1, -0.05) is 71.9 Å². The van der Waals surface area contributed by atoms with E-state index < -0.39 is 8.07 Å². The SMILES string of the molecule is CC(C)(C)[Si]1(C(C)(C)C)[C@@H]2[C@@H]3C[C@@H](C[C@@H]3COCc3ccccc3)[C@@H]21. The summed E-state index contributed by atoms with van der Waals surface area (Å²) in [5, 5.41) is 1.08. The van der Waals surface area contributed by atoms with Gasteiger partial charge in [-0.05, 0) is 57.3 Å². The van der Waals surface area contributed by atoms with Crippen molar-refractivity contribution in [1.82, 2.24) is 0 Å². The highest BCUT2D eigenvalue weighted by Gasteiger charge is 2.83. The molecule has 0 aromatic heterocycles. The number of ether oxygens (including phenoxy) is 1. The van der Waals surface area contributed by atoms with E-state index >= 15 is 0 Å². The Morgan fingerprint density at radius 2 is 1.56 bits per heavy atom. The number of rotatable bonds is 4. The van der Waals surface area contributed by atoms with Crippen molar-refractivity contribution in [2.75, 3.05) is 6.61 Å². The van der Waals surface area contributed by atoms with E-state index in [1.54, 1.807) is 0 Å². The minimum Gasteiger partial charge on any atom is -0.376 e. The summed E-state index contributed by atoms with van der Waals surface area (Å²) in [7, 11) is -1.27. The third kappa shape index (κ3) is 2.50. The summed E-state index contributed by atoms with van der Waals surface area (Å²) in [5.41, 5.74) is 3.50. The average Bonchev–Trinajstić information content (AvgIpc) is 2.96. The van der Waals surface area contributed by atoms with E-state index in [1.807, 2.05) is 0 Å². The summed E-state index contributed by atoms with van der Waals surface area (Å²) < 4.78 is 6.18. The van der Waals surface area contributed by atoms with Crippen LogP contribution in [0.1, 0.15) is 59.9 Å². The largest absolute Gasteiger partial charge is 0.376 e. The Balaban J connectivity index is 1.44. The Hall–Kier alpha value is -0.603. The lowest BCUT2D eigenvalue weighted by atomic mass is 9.89. The van der Waals surface area contributed by atoms with Crippen LogP contribution in [-0.4, -0.2) is 14.7 Å². The van der Waals surface area contributed by atoms with Crippen molar-refractivity contribution in [3.63, 3.8) is 0 Å². The van der Waals surface area contributed by atoms with Gasteiger partial charge in [0.05, 0.1) is 21.3 Å². The van der Waals surface area contributed by atoms with Crippen molar-refractivity contribution < 1.29 is 4.74 Å². The molecule has 5 atom stereocenters. The molecule has 2 aliphatic carbocycles. The molecule has 0 radical (unpaired) electrons. The van der Waals surface area contributed by atoms with Crippen LogP contribution in [0.3, 0.4) is 0 Å². The first kappa shape index (κ1) is 17.8. The molecule has 2 bridgehead atoms. The summed E-state index contributed by atoms with van der Waals surface area (Å²) in [5.74, 6) is 2.82. The van der Waals surface area contributed by atoms with E-state index in [2.05, 4.69) is 71.9 Å². The van der Waals surface area contributed by atoms with Gasteiger partial charge in [0.15, 0.2) is 0 Å². The van der Waals surface area contributed by atoms with E-state index in [0.29, 0.717) is 10.1 Å². The summed E-state index contributed by atoms with van der Waals surface area (Å²) in [4.78, 5) is 0. The van der Waals surface area contributed by atoms with Gasteiger partial charge in [-0.25, -0.2) is 0 Å². The second-order valence-electron chi connectivity index (χ2n) is 11.1. The quantitative estimate of drug-likeness (QED) is 0.548. The van der Waals surface area contributed by atoms with Gasteiger partial charge in [0.1, 0.15) is 0 Å². The Morgan fingerprint density at radius 1 is 0.920 bits per heavy atom. The first-order chi connectivity index (χ1) is 11.7. The van der Waals surface area contributed by atoms with Gasteiger partial charge in [0.25, 0.3) is 0 Å². The molecule has 1 nitrogen and oxygen atoms in total. The lowest BCUT2D eigenvalue weighted by molar-refractivity contribution is 0.0706. The Morgan fingerprint density at radius 3 is 2.16 bits per heavy atom. The van der Waals surface area contributed by atoms with Crippen LogP contribution >= 0.6 is 0 Å². The molecule has 0 N–H and O–H groups in total. The Labute approximate surface area is 155 Å². The minimum absolute atomic E-state index is 0.539. The maximum Gasteiger partial charge on any atom is 0.0717 e. The van der Waals surface area contributed by atoms with E-state index in [0.717, 1.165) is 42.0 Å². The number of hydrogen-bond donors (Lipinski definition) is 0. The topological polar surface area (TPSA) is 9.23 Å². The number of fused-ring (bicyclic) bond motifs is 5. The van der Waals surface area contributed by atoms with Crippen LogP contribution in [0.15, 0.2) is 30.3 Å². The van der Waals surface area contributed by atoms with Gasteiger partial charge in [0.2, 0.25) is 0 Å². The normalized spacial score (nSPS) is 35.7. The zero-order valence-corrected chi connectivity index (χ0v) is 18.0. The zero-order valence-electron chi connectivity index (χ0n) is 17.0. The second kappa shape index (κ2) is 5.69. The fourth-order valence-electron chi connectivity index (χ4n) is 7.87. The first-order valence-electron chi connectivity index (χ1n) is 10.3. The molecular weight excluding hydrogens is 320 g/mol. The molecule has 1 aromatic carbocycles. The van der Waals surface area contributed by atoms with Gasteiger partial charge < -0.3 is 4.74 Å². The van der Waals surface area contributed by atoms with Crippen molar-refractivity contribution in [3.8, 4) is 0 Å². The monoisotopic (exact) mass is 356 g/mol. The lowest BCUT2D eigenvalue weighted by Crippen LogP contribution is -2.43. The zero-order chi connectivity index (χ0) is 18.0. The molecule has 0 amide bonds. The summed E-state index contributed by atoms with van der Waals surface area (Å²) in [6, 6.07) is 10.6. The fraction of sp³-hybridized carbons (Fsp3) is 0.739.